The second kappa shape index (κ2) is 6.05. The van der Waals surface area contributed by atoms with Crippen molar-refractivity contribution in [2.75, 3.05) is 40.3 Å². The second-order valence-corrected chi connectivity index (χ2v) is 3.99. The van der Waals surface area contributed by atoms with Crippen LogP contribution in [-0.2, 0) is 9.53 Å². The van der Waals surface area contributed by atoms with Crippen molar-refractivity contribution >= 4 is 5.97 Å². The van der Waals surface area contributed by atoms with Crippen molar-refractivity contribution in [3.8, 4) is 0 Å². The molecule has 0 radical (unpaired) electrons. The maximum atomic E-state index is 11.5. The molecule has 1 fully saturated rings. The van der Waals surface area contributed by atoms with E-state index < -0.39 is 0 Å². The third-order valence-corrected chi connectivity index (χ3v) is 2.91. The van der Waals surface area contributed by atoms with Gasteiger partial charge < -0.3 is 15.8 Å². The monoisotopic (exact) mass is 215 g/mol. The first-order valence-electron chi connectivity index (χ1n) is 5.38. The lowest BCUT2D eigenvalue weighted by Crippen LogP contribution is -2.51. The van der Waals surface area contributed by atoms with Gasteiger partial charge in [-0.15, -0.1) is 0 Å². The second-order valence-electron chi connectivity index (χ2n) is 3.99. The van der Waals surface area contributed by atoms with E-state index in [4.69, 9.17) is 10.5 Å². The number of piperidine rings is 1. The summed E-state index contributed by atoms with van der Waals surface area (Å²) >= 11 is 0. The molecule has 2 atom stereocenters. The van der Waals surface area contributed by atoms with Crippen LogP contribution >= 0.6 is 0 Å². The van der Waals surface area contributed by atoms with E-state index in [0.29, 0.717) is 12.6 Å². The van der Waals surface area contributed by atoms with Gasteiger partial charge in [0.05, 0.1) is 13.0 Å². The molecule has 1 heterocycles. The molecule has 0 bridgehead atoms. The largest absolute Gasteiger partial charge is 0.469 e. The van der Waals surface area contributed by atoms with Gasteiger partial charge >= 0.3 is 5.97 Å². The SMILES string of the molecule is CNC1CC(C(=O)OC)CN(CCN)C1. The Morgan fingerprint density at radius 1 is 1.60 bits per heavy atom. The fourth-order valence-corrected chi connectivity index (χ4v) is 2.10. The third-order valence-electron chi connectivity index (χ3n) is 2.91. The van der Waals surface area contributed by atoms with Gasteiger partial charge in [-0.2, -0.15) is 0 Å². The first-order valence-corrected chi connectivity index (χ1v) is 5.38. The Morgan fingerprint density at radius 2 is 2.33 bits per heavy atom. The van der Waals surface area contributed by atoms with Gasteiger partial charge in [0.25, 0.3) is 0 Å². The van der Waals surface area contributed by atoms with E-state index in [2.05, 4.69) is 10.2 Å². The highest BCUT2D eigenvalue weighted by Gasteiger charge is 2.30. The molecule has 0 aromatic carbocycles. The van der Waals surface area contributed by atoms with Gasteiger partial charge in [0.15, 0.2) is 0 Å². The van der Waals surface area contributed by atoms with Crippen LogP contribution in [0.15, 0.2) is 0 Å². The van der Waals surface area contributed by atoms with Crippen LogP contribution in [0.2, 0.25) is 0 Å². The van der Waals surface area contributed by atoms with Crippen molar-refractivity contribution in [3.05, 3.63) is 0 Å². The van der Waals surface area contributed by atoms with Gasteiger partial charge in [-0.3, -0.25) is 9.69 Å². The normalized spacial score (nSPS) is 27.7. The van der Waals surface area contributed by atoms with Gasteiger partial charge in [0, 0.05) is 32.2 Å². The molecule has 0 amide bonds. The summed E-state index contributed by atoms with van der Waals surface area (Å²) in [5.74, 6) is -0.135. The minimum Gasteiger partial charge on any atom is -0.469 e. The van der Waals surface area contributed by atoms with Crippen LogP contribution in [0.1, 0.15) is 6.42 Å². The summed E-state index contributed by atoms with van der Waals surface area (Å²) in [6.45, 7) is 3.19. The summed E-state index contributed by atoms with van der Waals surface area (Å²) in [5, 5.41) is 3.21. The van der Waals surface area contributed by atoms with Crippen molar-refractivity contribution < 1.29 is 9.53 Å². The Morgan fingerprint density at radius 3 is 2.87 bits per heavy atom. The average molecular weight is 215 g/mol. The van der Waals surface area contributed by atoms with Crippen LogP contribution in [0.4, 0.5) is 0 Å². The Labute approximate surface area is 90.9 Å². The Kier molecular flexibility index (Phi) is 5.01. The molecule has 1 saturated heterocycles. The predicted molar refractivity (Wildman–Crippen MR) is 58.5 cm³/mol. The number of likely N-dealkylation sites (N-methyl/N-ethyl adjacent to an activating group) is 1. The topological polar surface area (TPSA) is 67.6 Å². The Hall–Kier alpha value is -0.650. The summed E-state index contributed by atoms with van der Waals surface area (Å²) < 4.78 is 4.78. The highest BCUT2D eigenvalue weighted by Crippen LogP contribution is 2.17. The standard InChI is InChI=1S/C10H21N3O2/c1-12-9-5-8(10(14)15-2)6-13(7-9)4-3-11/h8-9,12H,3-7,11H2,1-2H3. The minimum absolute atomic E-state index is 0.0206. The number of nitrogens with two attached hydrogens (primary N) is 1. The molecule has 5 nitrogen and oxygen atoms in total. The summed E-state index contributed by atoms with van der Waals surface area (Å²) in [6.07, 6.45) is 0.851. The molecule has 0 spiro atoms. The number of methoxy groups -OCH3 is 1. The van der Waals surface area contributed by atoms with E-state index in [0.717, 1.165) is 26.1 Å². The molecule has 15 heavy (non-hydrogen) atoms. The molecule has 0 aromatic heterocycles. The van der Waals surface area contributed by atoms with Gasteiger partial charge in [-0.25, -0.2) is 0 Å². The van der Waals surface area contributed by atoms with Crippen molar-refractivity contribution in [2.45, 2.75) is 12.5 Å². The highest BCUT2D eigenvalue weighted by atomic mass is 16.5. The predicted octanol–water partition coefficient (Wildman–Crippen LogP) is -0.972. The van der Waals surface area contributed by atoms with Crippen LogP contribution in [0.3, 0.4) is 0 Å². The van der Waals surface area contributed by atoms with E-state index in [1.54, 1.807) is 0 Å². The molecule has 0 saturated carbocycles. The smallest absolute Gasteiger partial charge is 0.310 e. The lowest BCUT2D eigenvalue weighted by atomic mass is 9.94. The number of carbonyl (C=O) groups excluding carboxylic acids is 1. The van der Waals surface area contributed by atoms with E-state index >= 15 is 0 Å². The first kappa shape index (κ1) is 12.4. The molecule has 5 heteroatoms. The van der Waals surface area contributed by atoms with Crippen LogP contribution in [-0.4, -0.2) is 57.2 Å². The number of carbonyl (C=O) groups is 1. The van der Waals surface area contributed by atoms with Gasteiger partial charge in [-0.05, 0) is 13.5 Å². The quantitative estimate of drug-likeness (QED) is 0.591. The van der Waals surface area contributed by atoms with E-state index in [1.807, 2.05) is 7.05 Å². The Balaban J connectivity index is 2.54. The number of esters is 1. The average Bonchev–Trinajstić information content (AvgIpc) is 2.28. The van der Waals surface area contributed by atoms with Crippen LogP contribution in [0.5, 0.6) is 0 Å². The van der Waals surface area contributed by atoms with Crippen LogP contribution in [0.25, 0.3) is 0 Å². The summed E-state index contributed by atoms with van der Waals surface area (Å²) in [7, 11) is 3.36. The maximum Gasteiger partial charge on any atom is 0.310 e. The fraction of sp³-hybridized carbons (Fsp3) is 0.900. The minimum atomic E-state index is -0.114. The maximum absolute atomic E-state index is 11.5. The van der Waals surface area contributed by atoms with Crippen molar-refractivity contribution in [1.82, 2.24) is 10.2 Å². The lowest BCUT2D eigenvalue weighted by molar-refractivity contribution is -0.147. The fourth-order valence-electron chi connectivity index (χ4n) is 2.10. The van der Waals surface area contributed by atoms with Crippen LogP contribution in [0, 0.1) is 5.92 Å². The summed E-state index contributed by atoms with van der Waals surface area (Å²) in [4.78, 5) is 13.7. The zero-order valence-electron chi connectivity index (χ0n) is 9.53. The summed E-state index contributed by atoms with van der Waals surface area (Å²) in [6, 6.07) is 0.356. The Bertz CT molecular complexity index is 211. The number of hydrogen-bond donors (Lipinski definition) is 2. The number of nitrogens with zero attached hydrogens (tertiary/aromatic N) is 1. The van der Waals surface area contributed by atoms with Gasteiger partial charge in [0.2, 0.25) is 0 Å². The van der Waals surface area contributed by atoms with E-state index in [1.165, 1.54) is 7.11 Å². The number of ether oxygens (including phenoxy) is 1. The molecular formula is C10H21N3O2. The van der Waals surface area contributed by atoms with Gasteiger partial charge in [0.1, 0.15) is 0 Å². The molecule has 3 N–H and O–H groups in total. The molecule has 1 aliphatic heterocycles. The zero-order valence-corrected chi connectivity index (χ0v) is 9.53. The molecule has 88 valence electrons. The molecular weight excluding hydrogens is 194 g/mol. The number of likely N-dealkylation sites (tertiary alicyclic amines) is 1. The van der Waals surface area contributed by atoms with Crippen molar-refractivity contribution in [3.63, 3.8) is 0 Å². The van der Waals surface area contributed by atoms with Crippen molar-refractivity contribution in [1.29, 1.82) is 0 Å². The molecule has 0 aromatic rings. The van der Waals surface area contributed by atoms with Crippen molar-refractivity contribution in [2.24, 2.45) is 11.7 Å². The van der Waals surface area contributed by atoms with Gasteiger partial charge in [-0.1, -0.05) is 0 Å². The molecule has 2 unspecified atom stereocenters. The highest BCUT2D eigenvalue weighted by molar-refractivity contribution is 5.72. The van der Waals surface area contributed by atoms with E-state index in [9.17, 15) is 4.79 Å². The number of hydrogen-bond acceptors (Lipinski definition) is 5. The van der Waals surface area contributed by atoms with E-state index in [-0.39, 0.29) is 11.9 Å². The van der Waals surface area contributed by atoms with Crippen LogP contribution < -0.4 is 11.1 Å². The molecule has 0 aliphatic carbocycles. The number of nitrogens with one attached hydrogen (secondary N) is 1. The summed E-state index contributed by atoms with van der Waals surface area (Å²) in [5.41, 5.74) is 5.52. The lowest BCUT2D eigenvalue weighted by Gasteiger charge is -2.36. The molecule has 1 aliphatic rings. The first-order chi connectivity index (χ1) is 7.21. The third kappa shape index (κ3) is 3.44. The zero-order chi connectivity index (χ0) is 11.3. The molecule has 1 rings (SSSR count). The number of rotatable bonds is 4.